The van der Waals surface area contributed by atoms with Crippen molar-refractivity contribution in [2.24, 2.45) is 0 Å². The van der Waals surface area contributed by atoms with Gasteiger partial charge in [0.1, 0.15) is 5.75 Å². The lowest BCUT2D eigenvalue weighted by Crippen LogP contribution is -2.14. The van der Waals surface area contributed by atoms with Gasteiger partial charge in [0.2, 0.25) is 0 Å². The summed E-state index contributed by atoms with van der Waals surface area (Å²) in [7, 11) is 0. The zero-order valence-corrected chi connectivity index (χ0v) is 11.6. The molecule has 0 fully saturated rings. The van der Waals surface area contributed by atoms with E-state index in [1.807, 2.05) is 0 Å². The molecule has 0 saturated heterocycles. The zero-order chi connectivity index (χ0) is 12.9. The predicted octanol–water partition coefficient (Wildman–Crippen LogP) is 4.46. The summed E-state index contributed by atoms with van der Waals surface area (Å²) in [5.41, 5.74) is 3.17. The maximum absolute atomic E-state index is 5.93. The van der Waals surface area contributed by atoms with Gasteiger partial charge in [0, 0.05) is 5.39 Å². The zero-order valence-electron chi connectivity index (χ0n) is 11.6. The Kier molecular flexibility index (Phi) is 2.41. The Morgan fingerprint density at radius 1 is 1.11 bits per heavy atom. The summed E-state index contributed by atoms with van der Waals surface area (Å²) in [6, 6.07) is 11.0. The molecule has 0 spiro atoms. The van der Waals surface area contributed by atoms with E-state index < -0.39 is 0 Å². The van der Waals surface area contributed by atoms with Gasteiger partial charge in [0.25, 0.3) is 0 Å². The predicted molar refractivity (Wildman–Crippen MR) is 76.4 cm³/mol. The number of ether oxygens (including phenoxy) is 1. The molecule has 2 aromatic rings. The van der Waals surface area contributed by atoms with Gasteiger partial charge >= 0.3 is 0 Å². The molecule has 1 heteroatoms. The number of hydrogen-bond acceptors (Lipinski definition) is 1. The summed E-state index contributed by atoms with van der Waals surface area (Å²) >= 11 is 0. The Balaban J connectivity index is 2.28. The third-order valence-electron chi connectivity index (χ3n) is 3.81. The van der Waals surface area contributed by atoms with Crippen molar-refractivity contribution < 1.29 is 4.74 Å². The second kappa shape index (κ2) is 3.74. The molecule has 0 unspecified atom stereocenters. The molecule has 0 aromatic heterocycles. The van der Waals surface area contributed by atoms with Gasteiger partial charge in [0.15, 0.2) is 0 Å². The summed E-state index contributed by atoms with van der Waals surface area (Å²) in [6.45, 7) is 8.80. The summed E-state index contributed by atoms with van der Waals surface area (Å²) in [5, 5.41) is 2.69. The van der Waals surface area contributed by atoms with Gasteiger partial charge in [-0.25, -0.2) is 0 Å². The normalized spacial score (nSPS) is 16.5. The van der Waals surface area contributed by atoms with Crippen LogP contribution in [0.3, 0.4) is 0 Å². The lowest BCUT2D eigenvalue weighted by molar-refractivity contribution is 0.245. The van der Waals surface area contributed by atoms with Crippen LogP contribution in [-0.2, 0) is 11.8 Å². The molecule has 0 saturated carbocycles. The minimum Gasteiger partial charge on any atom is -0.490 e. The lowest BCUT2D eigenvalue weighted by atomic mass is 9.85. The second-order valence-corrected chi connectivity index (χ2v) is 6.18. The van der Waals surface area contributed by atoms with Crippen LogP contribution < -0.4 is 4.74 Å². The number of benzene rings is 2. The molecule has 1 aliphatic rings. The lowest BCUT2D eigenvalue weighted by Gasteiger charge is -2.20. The average molecular weight is 240 g/mol. The molecule has 1 aliphatic carbocycles. The van der Waals surface area contributed by atoms with Gasteiger partial charge in [-0.15, -0.1) is 0 Å². The van der Waals surface area contributed by atoms with Crippen LogP contribution in [0.25, 0.3) is 10.8 Å². The molecule has 0 radical (unpaired) electrons. The van der Waals surface area contributed by atoms with Crippen molar-refractivity contribution in [3.63, 3.8) is 0 Å². The maximum atomic E-state index is 5.93. The van der Waals surface area contributed by atoms with E-state index in [4.69, 9.17) is 4.74 Å². The maximum Gasteiger partial charge on any atom is 0.127 e. The Bertz CT molecular complexity index is 608. The minimum atomic E-state index is 0.219. The largest absolute Gasteiger partial charge is 0.490 e. The molecular formula is C17H20O. The first-order valence-corrected chi connectivity index (χ1v) is 6.71. The second-order valence-electron chi connectivity index (χ2n) is 6.18. The van der Waals surface area contributed by atoms with E-state index in [2.05, 4.69) is 58.0 Å². The summed E-state index contributed by atoms with van der Waals surface area (Å²) in [5.74, 6) is 1.02. The molecular weight excluding hydrogens is 220 g/mol. The van der Waals surface area contributed by atoms with Crippen molar-refractivity contribution in [2.45, 2.75) is 45.6 Å². The van der Waals surface area contributed by atoms with Gasteiger partial charge in [-0.05, 0) is 48.3 Å². The minimum absolute atomic E-state index is 0.219. The van der Waals surface area contributed by atoms with Gasteiger partial charge in [0.05, 0.1) is 6.10 Å². The van der Waals surface area contributed by atoms with Gasteiger partial charge < -0.3 is 4.74 Å². The molecule has 3 rings (SSSR count). The van der Waals surface area contributed by atoms with E-state index in [9.17, 15) is 0 Å². The molecule has 0 aliphatic heterocycles. The summed E-state index contributed by atoms with van der Waals surface area (Å²) in [6.07, 6.45) is 1.35. The van der Waals surface area contributed by atoms with Gasteiger partial charge in [-0.3, -0.25) is 0 Å². The quantitative estimate of drug-likeness (QED) is 0.753. The van der Waals surface area contributed by atoms with Crippen LogP contribution in [0.15, 0.2) is 30.3 Å². The van der Waals surface area contributed by atoms with Crippen LogP contribution in [0, 0.1) is 0 Å². The smallest absolute Gasteiger partial charge is 0.127 e. The molecule has 2 aromatic carbocycles. The Morgan fingerprint density at radius 3 is 2.61 bits per heavy atom. The third-order valence-corrected chi connectivity index (χ3v) is 3.81. The van der Waals surface area contributed by atoms with E-state index in [-0.39, 0.29) is 11.5 Å². The van der Waals surface area contributed by atoms with Gasteiger partial charge in [-0.2, -0.15) is 0 Å². The van der Waals surface area contributed by atoms with Crippen molar-refractivity contribution in [3.05, 3.63) is 41.5 Å². The van der Waals surface area contributed by atoms with Crippen molar-refractivity contribution in [1.29, 1.82) is 0 Å². The van der Waals surface area contributed by atoms with Crippen molar-refractivity contribution in [3.8, 4) is 5.75 Å². The fourth-order valence-corrected chi connectivity index (χ4v) is 3.10. The van der Waals surface area contributed by atoms with Crippen LogP contribution in [0.2, 0.25) is 0 Å². The molecule has 94 valence electrons. The summed E-state index contributed by atoms with van der Waals surface area (Å²) in [4.78, 5) is 0. The van der Waals surface area contributed by atoms with E-state index in [1.54, 1.807) is 0 Å². The highest BCUT2D eigenvalue weighted by Crippen LogP contribution is 2.44. The van der Waals surface area contributed by atoms with E-state index in [0.29, 0.717) is 0 Å². The standard InChI is InChI=1S/C17H20O/c1-11(2)18-15-9-8-14-16-12(10-17(14,3)4)6-5-7-13(15)16/h5-9,11H,10H2,1-4H3. The number of rotatable bonds is 2. The first kappa shape index (κ1) is 11.6. The molecule has 0 bridgehead atoms. The fraction of sp³-hybridized carbons (Fsp3) is 0.412. The van der Waals surface area contributed by atoms with Crippen molar-refractivity contribution in [2.75, 3.05) is 0 Å². The fourth-order valence-electron chi connectivity index (χ4n) is 3.10. The third kappa shape index (κ3) is 1.61. The highest BCUT2D eigenvalue weighted by Gasteiger charge is 2.31. The Morgan fingerprint density at radius 2 is 1.89 bits per heavy atom. The Labute approximate surface area is 109 Å². The molecule has 0 heterocycles. The highest BCUT2D eigenvalue weighted by molar-refractivity contribution is 5.96. The first-order chi connectivity index (χ1) is 8.49. The van der Waals surface area contributed by atoms with Crippen molar-refractivity contribution in [1.82, 2.24) is 0 Å². The summed E-state index contributed by atoms with van der Waals surface area (Å²) < 4.78 is 5.93. The molecule has 18 heavy (non-hydrogen) atoms. The van der Waals surface area contributed by atoms with Crippen LogP contribution in [0.1, 0.15) is 38.8 Å². The molecule has 0 amide bonds. The van der Waals surface area contributed by atoms with Gasteiger partial charge in [-0.1, -0.05) is 38.1 Å². The Hall–Kier alpha value is -1.50. The van der Waals surface area contributed by atoms with Crippen LogP contribution in [0.5, 0.6) is 5.75 Å². The highest BCUT2D eigenvalue weighted by atomic mass is 16.5. The molecule has 1 nitrogen and oxygen atoms in total. The number of hydrogen-bond donors (Lipinski definition) is 0. The first-order valence-electron chi connectivity index (χ1n) is 6.71. The van der Waals surface area contributed by atoms with Crippen LogP contribution in [0.4, 0.5) is 0 Å². The van der Waals surface area contributed by atoms with E-state index in [1.165, 1.54) is 21.9 Å². The van der Waals surface area contributed by atoms with E-state index in [0.717, 1.165) is 12.2 Å². The monoisotopic (exact) mass is 240 g/mol. The molecule has 0 N–H and O–H groups in total. The van der Waals surface area contributed by atoms with Crippen LogP contribution in [-0.4, -0.2) is 6.10 Å². The van der Waals surface area contributed by atoms with Crippen LogP contribution >= 0.6 is 0 Å². The SMILES string of the molecule is CC(C)Oc1ccc2c3c(cccc13)CC2(C)C. The molecule has 0 atom stereocenters. The van der Waals surface area contributed by atoms with Crippen molar-refractivity contribution >= 4 is 10.8 Å². The average Bonchev–Trinajstić information content (AvgIpc) is 2.54. The topological polar surface area (TPSA) is 9.23 Å². The van der Waals surface area contributed by atoms with E-state index >= 15 is 0 Å².